The fourth-order valence-electron chi connectivity index (χ4n) is 1.76. The number of urea groups is 1. The van der Waals surface area contributed by atoms with Crippen molar-refractivity contribution in [1.82, 2.24) is 10.6 Å². The summed E-state index contributed by atoms with van der Waals surface area (Å²) < 4.78 is 0. The number of hydrogen-bond acceptors (Lipinski definition) is 4. The van der Waals surface area contributed by atoms with Gasteiger partial charge in [-0.3, -0.25) is 4.79 Å². The van der Waals surface area contributed by atoms with E-state index in [1.165, 1.54) is 22.7 Å². The highest BCUT2D eigenvalue weighted by Crippen LogP contribution is 2.21. The Labute approximate surface area is 124 Å². The van der Waals surface area contributed by atoms with Gasteiger partial charge in [0.25, 0.3) is 0 Å². The normalized spacial score (nSPS) is 14.0. The van der Waals surface area contributed by atoms with E-state index in [0.29, 0.717) is 17.5 Å². The van der Waals surface area contributed by atoms with Crippen LogP contribution < -0.4 is 10.6 Å². The monoisotopic (exact) mass is 306 g/mol. The Morgan fingerprint density at radius 1 is 1.25 bits per heavy atom. The second-order valence-electron chi connectivity index (χ2n) is 4.71. The molecule has 1 aliphatic rings. The molecule has 0 spiro atoms. The molecule has 0 aliphatic heterocycles. The molecule has 2 heterocycles. The lowest BCUT2D eigenvalue weighted by atomic mass is 10.2. The van der Waals surface area contributed by atoms with E-state index in [4.69, 9.17) is 0 Å². The number of carbonyl (C=O) groups excluding carboxylic acids is 2. The van der Waals surface area contributed by atoms with Gasteiger partial charge in [0.1, 0.15) is 0 Å². The van der Waals surface area contributed by atoms with Crippen LogP contribution >= 0.6 is 22.7 Å². The van der Waals surface area contributed by atoms with Gasteiger partial charge in [-0.25, -0.2) is 4.79 Å². The van der Waals surface area contributed by atoms with Crippen LogP contribution in [0.4, 0.5) is 4.79 Å². The quantitative estimate of drug-likeness (QED) is 0.834. The van der Waals surface area contributed by atoms with Gasteiger partial charge < -0.3 is 10.6 Å². The summed E-state index contributed by atoms with van der Waals surface area (Å²) in [6, 6.07) is 5.76. The number of rotatable bonds is 5. The third kappa shape index (κ3) is 3.26. The van der Waals surface area contributed by atoms with Crippen molar-refractivity contribution in [3.8, 4) is 0 Å². The lowest BCUT2D eigenvalue weighted by molar-refractivity contribution is 0.104. The van der Waals surface area contributed by atoms with E-state index in [1.807, 2.05) is 29.0 Å². The van der Waals surface area contributed by atoms with Crippen LogP contribution in [-0.2, 0) is 6.54 Å². The number of thiophene rings is 2. The number of ketones is 1. The van der Waals surface area contributed by atoms with E-state index in [1.54, 1.807) is 0 Å². The van der Waals surface area contributed by atoms with Crippen LogP contribution in [0.1, 0.15) is 33.0 Å². The Morgan fingerprint density at radius 3 is 2.80 bits per heavy atom. The van der Waals surface area contributed by atoms with E-state index in [-0.39, 0.29) is 11.8 Å². The second kappa shape index (κ2) is 5.76. The summed E-state index contributed by atoms with van der Waals surface area (Å²) in [4.78, 5) is 25.3. The molecule has 0 saturated heterocycles. The summed E-state index contributed by atoms with van der Waals surface area (Å²) in [6.07, 6.45) is 2.15. The van der Waals surface area contributed by atoms with Crippen molar-refractivity contribution in [2.75, 3.05) is 0 Å². The van der Waals surface area contributed by atoms with Crippen molar-refractivity contribution in [2.45, 2.75) is 25.4 Å². The smallest absolute Gasteiger partial charge is 0.315 e. The lowest BCUT2D eigenvalue weighted by Gasteiger charge is -2.04. The van der Waals surface area contributed by atoms with Crippen LogP contribution in [0.5, 0.6) is 0 Å². The van der Waals surface area contributed by atoms with Gasteiger partial charge in [0, 0.05) is 21.9 Å². The largest absolute Gasteiger partial charge is 0.335 e. The molecular weight excluding hydrogens is 292 g/mol. The molecule has 0 unspecified atom stereocenters. The Kier molecular flexibility index (Phi) is 3.84. The highest BCUT2D eigenvalue weighted by atomic mass is 32.1. The highest BCUT2D eigenvalue weighted by molar-refractivity contribution is 7.14. The maximum Gasteiger partial charge on any atom is 0.315 e. The summed E-state index contributed by atoms with van der Waals surface area (Å²) >= 11 is 2.94. The van der Waals surface area contributed by atoms with Crippen molar-refractivity contribution < 1.29 is 9.59 Å². The molecule has 4 nitrogen and oxygen atoms in total. The number of amides is 2. The maximum atomic E-state index is 12.1. The first-order valence-electron chi connectivity index (χ1n) is 6.42. The van der Waals surface area contributed by atoms with Crippen LogP contribution in [0, 0.1) is 0 Å². The summed E-state index contributed by atoms with van der Waals surface area (Å²) in [5, 5.41) is 9.42. The standard InChI is InChI=1S/C14H14N2O2S2/c17-13(9-5-6-19-8-9)12-4-3-11(20-12)7-15-14(18)16-10-1-2-10/h3-6,8,10H,1-2,7H2,(H2,15,16,18). The zero-order chi connectivity index (χ0) is 13.9. The van der Waals surface area contributed by atoms with Gasteiger partial charge in [-0.1, -0.05) is 0 Å². The van der Waals surface area contributed by atoms with Crippen LogP contribution in [0.3, 0.4) is 0 Å². The van der Waals surface area contributed by atoms with Crippen LogP contribution in [-0.4, -0.2) is 17.9 Å². The minimum Gasteiger partial charge on any atom is -0.335 e. The molecule has 0 aromatic carbocycles. The topological polar surface area (TPSA) is 58.2 Å². The fraction of sp³-hybridized carbons (Fsp3) is 0.286. The molecule has 0 bridgehead atoms. The summed E-state index contributed by atoms with van der Waals surface area (Å²) in [5.41, 5.74) is 0.725. The van der Waals surface area contributed by atoms with Gasteiger partial charge >= 0.3 is 6.03 Å². The molecule has 1 aliphatic carbocycles. The van der Waals surface area contributed by atoms with Gasteiger partial charge in [0.15, 0.2) is 0 Å². The first kappa shape index (κ1) is 13.3. The van der Waals surface area contributed by atoms with Gasteiger partial charge in [0.2, 0.25) is 5.78 Å². The van der Waals surface area contributed by atoms with Crippen LogP contribution in [0.15, 0.2) is 29.0 Å². The molecule has 1 saturated carbocycles. The van der Waals surface area contributed by atoms with E-state index in [9.17, 15) is 9.59 Å². The Morgan fingerprint density at radius 2 is 2.10 bits per heavy atom. The van der Waals surface area contributed by atoms with Gasteiger partial charge in [-0.15, -0.1) is 11.3 Å². The molecule has 2 aromatic rings. The predicted molar refractivity (Wildman–Crippen MR) is 80.5 cm³/mol. The Hall–Kier alpha value is -1.66. The van der Waals surface area contributed by atoms with E-state index in [2.05, 4.69) is 10.6 Å². The summed E-state index contributed by atoms with van der Waals surface area (Å²) in [7, 11) is 0. The van der Waals surface area contributed by atoms with E-state index >= 15 is 0 Å². The third-order valence-corrected chi connectivity index (χ3v) is 4.77. The third-order valence-electron chi connectivity index (χ3n) is 3.00. The Bertz CT molecular complexity index is 615. The Balaban J connectivity index is 1.56. The van der Waals surface area contributed by atoms with Gasteiger partial charge in [0.05, 0.1) is 11.4 Å². The van der Waals surface area contributed by atoms with Crippen molar-refractivity contribution >= 4 is 34.5 Å². The van der Waals surface area contributed by atoms with E-state index in [0.717, 1.165) is 23.3 Å². The SMILES string of the molecule is O=C(NCc1ccc(C(=O)c2ccsc2)s1)NC1CC1. The number of carbonyl (C=O) groups is 2. The zero-order valence-electron chi connectivity index (χ0n) is 10.7. The van der Waals surface area contributed by atoms with Crippen molar-refractivity contribution in [3.05, 3.63) is 44.3 Å². The van der Waals surface area contributed by atoms with Crippen LogP contribution in [0.2, 0.25) is 0 Å². The lowest BCUT2D eigenvalue weighted by Crippen LogP contribution is -2.36. The second-order valence-corrected chi connectivity index (χ2v) is 6.66. The summed E-state index contributed by atoms with van der Waals surface area (Å²) in [5.74, 6) is 0.0462. The molecule has 20 heavy (non-hydrogen) atoms. The molecule has 1 fully saturated rings. The molecular formula is C14H14N2O2S2. The minimum atomic E-state index is -0.133. The van der Waals surface area contributed by atoms with Crippen molar-refractivity contribution in [2.24, 2.45) is 0 Å². The minimum absolute atomic E-state index is 0.0462. The molecule has 3 rings (SSSR count). The number of nitrogens with one attached hydrogen (secondary N) is 2. The molecule has 2 amide bonds. The predicted octanol–water partition coefficient (Wildman–Crippen LogP) is 3.00. The molecule has 0 radical (unpaired) electrons. The van der Waals surface area contributed by atoms with Crippen molar-refractivity contribution in [3.63, 3.8) is 0 Å². The maximum absolute atomic E-state index is 12.1. The van der Waals surface area contributed by atoms with Crippen LogP contribution in [0.25, 0.3) is 0 Å². The molecule has 0 atom stereocenters. The molecule has 2 N–H and O–H groups in total. The average Bonchev–Trinajstić information content (AvgIpc) is 2.98. The molecule has 6 heteroatoms. The molecule has 104 valence electrons. The first-order chi connectivity index (χ1) is 9.72. The first-order valence-corrected chi connectivity index (χ1v) is 8.18. The van der Waals surface area contributed by atoms with Gasteiger partial charge in [-0.2, -0.15) is 11.3 Å². The van der Waals surface area contributed by atoms with E-state index < -0.39 is 0 Å². The average molecular weight is 306 g/mol. The number of hydrogen-bond donors (Lipinski definition) is 2. The van der Waals surface area contributed by atoms with Crippen molar-refractivity contribution in [1.29, 1.82) is 0 Å². The fourth-order valence-corrected chi connectivity index (χ4v) is 3.31. The summed E-state index contributed by atoms with van der Waals surface area (Å²) in [6.45, 7) is 0.458. The van der Waals surface area contributed by atoms with Gasteiger partial charge in [-0.05, 0) is 36.4 Å². The molecule has 2 aromatic heterocycles. The zero-order valence-corrected chi connectivity index (χ0v) is 12.4. The highest BCUT2D eigenvalue weighted by Gasteiger charge is 2.23.